The molecule has 2 N–H and O–H groups in total. The highest BCUT2D eigenvalue weighted by molar-refractivity contribution is 8.00. The summed E-state index contributed by atoms with van der Waals surface area (Å²) in [5, 5.41) is 1.36. The van der Waals surface area contributed by atoms with Gasteiger partial charge in [0.25, 0.3) is 0 Å². The van der Waals surface area contributed by atoms with Crippen LogP contribution in [0, 0.1) is 0 Å². The number of rotatable bonds is 0. The van der Waals surface area contributed by atoms with Gasteiger partial charge in [0.2, 0.25) is 0 Å². The van der Waals surface area contributed by atoms with E-state index in [-0.39, 0.29) is 0 Å². The Morgan fingerprint density at radius 3 is 3.17 bits per heavy atom. The molecule has 0 unspecified atom stereocenters. The second kappa shape index (κ2) is 2.95. The van der Waals surface area contributed by atoms with Gasteiger partial charge in [0.15, 0.2) is 0 Å². The number of pyridine rings is 1. The molecule has 0 bridgehead atoms. The quantitative estimate of drug-likeness (QED) is 0.649. The van der Waals surface area contributed by atoms with Crippen molar-refractivity contribution in [1.82, 2.24) is 4.98 Å². The summed E-state index contributed by atoms with van der Waals surface area (Å²) in [6.45, 7) is 0. The summed E-state index contributed by atoms with van der Waals surface area (Å²) in [5.74, 6) is 1.33. The average molecular weight is 200 g/mol. The molecule has 1 aliphatic rings. The summed E-state index contributed by atoms with van der Waals surface area (Å²) in [4.78, 5) is 8.25. The number of amidine groups is 1. The van der Waals surface area contributed by atoms with Gasteiger partial charge in [-0.1, -0.05) is 23.4 Å². The molecule has 2 rings (SSSR count). The third-order valence-corrected chi connectivity index (χ3v) is 2.65. The van der Waals surface area contributed by atoms with E-state index in [1.807, 2.05) is 6.07 Å². The molecule has 3 nitrogen and oxygen atoms in total. The van der Waals surface area contributed by atoms with Crippen LogP contribution < -0.4 is 5.73 Å². The van der Waals surface area contributed by atoms with Crippen molar-refractivity contribution < 1.29 is 0 Å². The highest BCUT2D eigenvalue weighted by Gasteiger charge is 2.11. The van der Waals surface area contributed by atoms with E-state index in [9.17, 15) is 0 Å². The van der Waals surface area contributed by atoms with Crippen molar-refractivity contribution in [3.05, 3.63) is 17.3 Å². The third kappa shape index (κ3) is 1.40. The molecule has 12 heavy (non-hydrogen) atoms. The minimum atomic E-state index is 0.497. The van der Waals surface area contributed by atoms with Gasteiger partial charge in [-0.15, -0.1) is 0 Å². The number of hydrogen-bond acceptors (Lipinski definition) is 4. The zero-order chi connectivity index (χ0) is 8.55. The van der Waals surface area contributed by atoms with Crippen LogP contribution in [-0.4, -0.2) is 16.6 Å². The zero-order valence-corrected chi connectivity index (χ0v) is 7.69. The molecule has 0 saturated carbocycles. The molecule has 0 aliphatic carbocycles. The van der Waals surface area contributed by atoms with Gasteiger partial charge in [0.05, 0.1) is 11.4 Å². The lowest BCUT2D eigenvalue weighted by Gasteiger charge is -2.10. The van der Waals surface area contributed by atoms with Crippen LogP contribution >= 0.6 is 23.4 Å². The average Bonchev–Trinajstić information content (AvgIpc) is 2.05. The first-order valence-corrected chi connectivity index (χ1v) is 4.74. The van der Waals surface area contributed by atoms with Gasteiger partial charge in [-0.3, -0.25) is 0 Å². The van der Waals surface area contributed by atoms with Crippen LogP contribution in [0.4, 0.5) is 5.69 Å². The topological polar surface area (TPSA) is 51.3 Å². The molecule has 0 amide bonds. The van der Waals surface area contributed by atoms with E-state index in [1.165, 1.54) is 0 Å². The maximum atomic E-state index is 5.71. The molecule has 0 spiro atoms. The first kappa shape index (κ1) is 7.89. The fraction of sp³-hybridized carbons (Fsp3) is 0.143. The fourth-order valence-electron chi connectivity index (χ4n) is 0.931. The summed E-state index contributed by atoms with van der Waals surface area (Å²) >= 11 is 7.27. The Labute approximate surface area is 79.0 Å². The molecule has 1 aromatic heterocycles. The van der Waals surface area contributed by atoms with Crippen molar-refractivity contribution in [1.29, 1.82) is 0 Å². The first-order valence-electron chi connectivity index (χ1n) is 3.38. The van der Waals surface area contributed by atoms with Crippen molar-refractivity contribution in [2.24, 2.45) is 10.7 Å². The van der Waals surface area contributed by atoms with Gasteiger partial charge in [-0.25, -0.2) is 9.98 Å². The number of aromatic nitrogens is 1. The van der Waals surface area contributed by atoms with Crippen molar-refractivity contribution in [2.45, 2.75) is 5.03 Å². The van der Waals surface area contributed by atoms with E-state index in [0.717, 1.165) is 10.7 Å². The Balaban J connectivity index is 2.51. The van der Waals surface area contributed by atoms with Gasteiger partial charge in [0.1, 0.15) is 16.0 Å². The predicted molar refractivity (Wildman–Crippen MR) is 51.3 cm³/mol. The Kier molecular flexibility index (Phi) is 1.94. The van der Waals surface area contributed by atoms with E-state index in [2.05, 4.69) is 9.98 Å². The first-order chi connectivity index (χ1) is 5.75. The Bertz CT molecular complexity index is 351. The van der Waals surface area contributed by atoms with Crippen LogP contribution in [0.1, 0.15) is 0 Å². The monoisotopic (exact) mass is 199 g/mol. The molecule has 1 aromatic rings. The minimum absolute atomic E-state index is 0.497. The number of nitrogens with zero attached hydrogens (tertiary/aromatic N) is 2. The zero-order valence-electron chi connectivity index (χ0n) is 6.12. The summed E-state index contributed by atoms with van der Waals surface area (Å²) in [6, 6.07) is 3.53. The summed E-state index contributed by atoms with van der Waals surface area (Å²) in [7, 11) is 0. The molecule has 5 heteroatoms. The molecule has 0 fully saturated rings. The largest absolute Gasteiger partial charge is 0.386 e. The number of aliphatic imine (C=N–C) groups is 1. The van der Waals surface area contributed by atoms with Gasteiger partial charge in [-0.05, 0) is 12.1 Å². The van der Waals surface area contributed by atoms with Crippen molar-refractivity contribution >= 4 is 34.9 Å². The molecule has 0 aromatic carbocycles. The number of thioether (sulfide) groups is 1. The van der Waals surface area contributed by atoms with Gasteiger partial charge >= 0.3 is 0 Å². The van der Waals surface area contributed by atoms with Crippen LogP contribution in [0.5, 0.6) is 0 Å². The number of fused-ring (bicyclic) bond motifs is 1. The smallest absolute Gasteiger partial charge is 0.130 e. The van der Waals surface area contributed by atoms with Crippen LogP contribution in [-0.2, 0) is 0 Å². The summed E-state index contributed by atoms with van der Waals surface area (Å²) in [5.41, 5.74) is 6.37. The van der Waals surface area contributed by atoms with Crippen LogP contribution in [0.3, 0.4) is 0 Å². The van der Waals surface area contributed by atoms with Crippen molar-refractivity contribution in [3.8, 4) is 0 Å². The molecule has 0 radical (unpaired) electrons. The summed E-state index contributed by atoms with van der Waals surface area (Å²) in [6.07, 6.45) is 0. The highest BCUT2D eigenvalue weighted by Crippen LogP contribution is 2.32. The standard InChI is InChI=1S/C7H6ClN3S/c8-5-2-1-4-7(11-5)12-3-6(9)10-4/h1-2H,3H2,(H2,9,10). The Morgan fingerprint density at radius 2 is 2.33 bits per heavy atom. The molecule has 2 heterocycles. The van der Waals surface area contributed by atoms with E-state index >= 15 is 0 Å². The number of hydrogen-bond donors (Lipinski definition) is 1. The molecular weight excluding hydrogens is 194 g/mol. The SMILES string of the molecule is NC1=Nc2ccc(Cl)nc2SC1. The molecular formula is C7H6ClN3S. The maximum Gasteiger partial charge on any atom is 0.130 e. The number of halogens is 1. The minimum Gasteiger partial charge on any atom is -0.386 e. The predicted octanol–water partition coefficient (Wildman–Crippen LogP) is 1.83. The Morgan fingerprint density at radius 1 is 1.50 bits per heavy atom. The normalized spacial score (nSPS) is 15.2. The van der Waals surface area contributed by atoms with E-state index in [4.69, 9.17) is 17.3 Å². The number of nitrogens with two attached hydrogens (primary N) is 1. The maximum absolute atomic E-state index is 5.71. The summed E-state index contributed by atoms with van der Waals surface area (Å²) < 4.78 is 0. The van der Waals surface area contributed by atoms with Gasteiger partial charge in [0, 0.05) is 0 Å². The lowest BCUT2D eigenvalue weighted by molar-refractivity contribution is 1.11. The molecule has 1 aliphatic heterocycles. The molecule has 62 valence electrons. The highest BCUT2D eigenvalue weighted by atomic mass is 35.5. The molecule has 0 atom stereocenters. The van der Waals surface area contributed by atoms with E-state index < -0.39 is 0 Å². The van der Waals surface area contributed by atoms with Gasteiger partial charge in [-0.2, -0.15) is 0 Å². The molecule has 0 saturated heterocycles. The second-order valence-electron chi connectivity index (χ2n) is 2.35. The van der Waals surface area contributed by atoms with Crippen molar-refractivity contribution in [2.75, 3.05) is 5.75 Å². The fourth-order valence-corrected chi connectivity index (χ4v) is 1.90. The van der Waals surface area contributed by atoms with Gasteiger partial charge < -0.3 is 5.73 Å². The lowest BCUT2D eigenvalue weighted by Crippen LogP contribution is -2.16. The van der Waals surface area contributed by atoms with Crippen LogP contribution in [0.15, 0.2) is 22.2 Å². The second-order valence-corrected chi connectivity index (χ2v) is 3.70. The Hall–Kier alpha value is -0.740. The van der Waals surface area contributed by atoms with Crippen molar-refractivity contribution in [3.63, 3.8) is 0 Å². The van der Waals surface area contributed by atoms with E-state index in [0.29, 0.717) is 16.7 Å². The third-order valence-electron chi connectivity index (χ3n) is 1.43. The lowest BCUT2D eigenvalue weighted by atomic mass is 10.4. The van der Waals surface area contributed by atoms with Crippen LogP contribution in [0.2, 0.25) is 5.15 Å². The van der Waals surface area contributed by atoms with Crippen LogP contribution in [0.25, 0.3) is 0 Å². The van der Waals surface area contributed by atoms with E-state index in [1.54, 1.807) is 17.8 Å².